The van der Waals surface area contributed by atoms with Gasteiger partial charge in [0.05, 0.1) is 17.6 Å². The Kier molecular flexibility index (Phi) is 5.64. The minimum atomic E-state index is -3.62. The lowest BCUT2D eigenvalue weighted by atomic mass is 10.1. The first kappa shape index (κ1) is 20.2. The number of sulfonamides is 1. The van der Waals surface area contributed by atoms with Crippen LogP contribution < -0.4 is 14.9 Å². The number of amides is 2. The predicted octanol–water partition coefficient (Wildman–Crippen LogP) is 2.81. The quantitative estimate of drug-likeness (QED) is 0.785. The van der Waals surface area contributed by atoms with E-state index in [4.69, 9.17) is 0 Å². The summed E-state index contributed by atoms with van der Waals surface area (Å²) in [4.78, 5) is 14.0. The molecule has 1 aromatic carbocycles. The summed E-state index contributed by atoms with van der Waals surface area (Å²) in [6, 6.07) is 3.64. The zero-order chi connectivity index (χ0) is 20.5. The lowest BCUT2D eigenvalue weighted by Gasteiger charge is -2.30. The number of urea groups is 1. The van der Waals surface area contributed by atoms with Crippen molar-refractivity contribution in [3.8, 4) is 0 Å². The summed E-state index contributed by atoms with van der Waals surface area (Å²) in [6.45, 7) is 1.83. The van der Waals surface area contributed by atoms with Crippen LogP contribution in [0, 0.1) is 5.82 Å². The molecule has 0 fully saturated rings. The topological polar surface area (TPSA) is 81.8 Å². The van der Waals surface area contributed by atoms with Crippen LogP contribution in [-0.2, 0) is 10.0 Å². The highest BCUT2D eigenvalue weighted by molar-refractivity contribution is 7.92. The van der Waals surface area contributed by atoms with Crippen LogP contribution in [0.1, 0.15) is 37.9 Å². The van der Waals surface area contributed by atoms with E-state index in [-0.39, 0.29) is 18.3 Å². The monoisotopic (exact) mass is 408 g/mol. The number of rotatable bonds is 5. The van der Waals surface area contributed by atoms with Crippen LogP contribution in [0.5, 0.6) is 0 Å². The molecule has 9 heteroatoms. The largest absolute Gasteiger partial charge is 0.360 e. The molecule has 152 valence electrons. The van der Waals surface area contributed by atoms with E-state index in [2.05, 4.69) is 16.7 Å². The van der Waals surface area contributed by atoms with Crippen molar-refractivity contribution in [3.63, 3.8) is 0 Å². The first-order chi connectivity index (χ1) is 13.3. The molecule has 1 aliphatic carbocycles. The highest BCUT2D eigenvalue weighted by Crippen LogP contribution is 2.37. The molecule has 7 nitrogen and oxygen atoms in total. The lowest BCUT2D eigenvalue weighted by Crippen LogP contribution is -2.39. The first-order valence-electron chi connectivity index (χ1n) is 9.21. The number of hydrogen-bond donors (Lipinski definition) is 2. The van der Waals surface area contributed by atoms with E-state index in [0.717, 1.165) is 41.1 Å². The van der Waals surface area contributed by atoms with E-state index >= 15 is 0 Å². The summed E-state index contributed by atoms with van der Waals surface area (Å²) in [7, 11) is -2.09. The van der Waals surface area contributed by atoms with Crippen molar-refractivity contribution in [2.75, 3.05) is 24.2 Å². The fourth-order valence-corrected chi connectivity index (χ4v) is 4.62. The number of benzene rings is 1. The molecular weight excluding hydrogens is 383 g/mol. The molecule has 0 spiro atoms. The molecule has 1 aromatic rings. The molecule has 0 saturated carbocycles. The van der Waals surface area contributed by atoms with Crippen molar-refractivity contribution in [1.82, 2.24) is 15.5 Å². The molecule has 1 unspecified atom stereocenters. The Hall–Kier alpha value is -2.55. The van der Waals surface area contributed by atoms with Crippen molar-refractivity contribution < 1.29 is 17.6 Å². The summed E-state index contributed by atoms with van der Waals surface area (Å²) < 4.78 is 39.7. The van der Waals surface area contributed by atoms with Gasteiger partial charge in [-0.05, 0) is 43.9 Å². The summed E-state index contributed by atoms with van der Waals surface area (Å²) in [5.74, 6) is -0.544. The fraction of sp³-hybridized carbons (Fsp3) is 0.421. The Morgan fingerprint density at radius 2 is 2.18 bits per heavy atom. The molecule has 1 heterocycles. The van der Waals surface area contributed by atoms with Gasteiger partial charge >= 0.3 is 6.03 Å². The highest BCUT2D eigenvalue weighted by atomic mass is 32.2. The third-order valence-electron chi connectivity index (χ3n) is 4.92. The Morgan fingerprint density at radius 1 is 1.43 bits per heavy atom. The second-order valence-corrected chi connectivity index (χ2v) is 8.71. The predicted molar refractivity (Wildman–Crippen MR) is 106 cm³/mol. The van der Waals surface area contributed by atoms with Crippen LogP contribution in [0.15, 0.2) is 41.7 Å². The van der Waals surface area contributed by atoms with Crippen molar-refractivity contribution in [2.45, 2.75) is 32.4 Å². The number of anilines is 1. The molecule has 2 N–H and O–H groups in total. The number of allylic oxidation sites excluding steroid dienone is 2. The molecule has 0 saturated heterocycles. The zero-order valence-electron chi connectivity index (χ0n) is 16.2. The first-order valence-corrected chi connectivity index (χ1v) is 11.1. The highest BCUT2D eigenvalue weighted by Gasteiger charge is 2.34. The minimum Gasteiger partial charge on any atom is -0.360 e. The van der Waals surface area contributed by atoms with E-state index in [1.807, 2.05) is 0 Å². The average molecular weight is 408 g/mol. The lowest BCUT2D eigenvalue weighted by molar-refractivity contribution is 0.203. The average Bonchev–Trinajstić information content (AvgIpc) is 3.30. The second kappa shape index (κ2) is 7.83. The van der Waals surface area contributed by atoms with Gasteiger partial charge in [-0.25, -0.2) is 17.6 Å². The van der Waals surface area contributed by atoms with Gasteiger partial charge in [-0.2, -0.15) is 0 Å². The van der Waals surface area contributed by atoms with Crippen LogP contribution >= 0.6 is 0 Å². The van der Waals surface area contributed by atoms with Gasteiger partial charge in [0.2, 0.25) is 10.0 Å². The standard InChI is InChI=1S/C19H25FN4O3S/c1-4-24(28(3,26)27)17-11-14(20)9-10-15(17)18-22-16(13-7-5-6-8-13)12-23(18)19(25)21-2/h7,9-12,18,22H,4-6,8H2,1-3H3,(H,21,25). The number of carbonyl (C=O) groups excluding carboxylic acids is 1. The van der Waals surface area contributed by atoms with Gasteiger partial charge in [-0.3, -0.25) is 9.21 Å². The second-order valence-electron chi connectivity index (χ2n) is 6.80. The molecule has 0 bridgehead atoms. The third kappa shape index (κ3) is 3.84. The van der Waals surface area contributed by atoms with Crippen LogP contribution in [-0.4, -0.2) is 39.2 Å². The van der Waals surface area contributed by atoms with Gasteiger partial charge in [0, 0.05) is 25.4 Å². The van der Waals surface area contributed by atoms with Gasteiger partial charge < -0.3 is 10.6 Å². The summed E-state index contributed by atoms with van der Waals surface area (Å²) in [5.41, 5.74) is 2.66. The van der Waals surface area contributed by atoms with Crippen molar-refractivity contribution in [2.24, 2.45) is 0 Å². The maximum Gasteiger partial charge on any atom is 0.323 e. The molecule has 2 aliphatic rings. The molecular formula is C19H25FN4O3S. The molecule has 0 radical (unpaired) electrons. The van der Waals surface area contributed by atoms with Gasteiger partial charge in [0.15, 0.2) is 0 Å². The summed E-state index contributed by atoms with van der Waals surface area (Å²) in [5, 5.41) is 5.92. The van der Waals surface area contributed by atoms with E-state index in [1.165, 1.54) is 30.1 Å². The number of halogens is 1. The Morgan fingerprint density at radius 3 is 2.75 bits per heavy atom. The molecule has 28 heavy (non-hydrogen) atoms. The summed E-state index contributed by atoms with van der Waals surface area (Å²) in [6.07, 6.45) is 7.23. The van der Waals surface area contributed by atoms with E-state index in [0.29, 0.717) is 5.56 Å². The van der Waals surface area contributed by atoms with Crippen LogP contribution in [0.2, 0.25) is 0 Å². The van der Waals surface area contributed by atoms with Crippen LogP contribution in [0.4, 0.5) is 14.9 Å². The Bertz CT molecular complexity index is 942. The van der Waals surface area contributed by atoms with Crippen LogP contribution in [0.25, 0.3) is 0 Å². The van der Waals surface area contributed by atoms with Gasteiger partial charge in [-0.1, -0.05) is 12.1 Å². The van der Waals surface area contributed by atoms with E-state index in [1.54, 1.807) is 13.1 Å². The maximum absolute atomic E-state index is 14.0. The van der Waals surface area contributed by atoms with E-state index < -0.39 is 22.0 Å². The third-order valence-corrected chi connectivity index (χ3v) is 6.17. The SMILES string of the molecule is CCN(c1cc(F)ccc1C1NC(C2=CCCC2)=CN1C(=O)NC)S(C)(=O)=O. The minimum absolute atomic E-state index is 0.146. The van der Waals surface area contributed by atoms with Gasteiger partial charge in [0.1, 0.15) is 12.0 Å². The molecule has 1 atom stereocenters. The maximum atomic E-state index is 14.0. The summed E-state index contributed by atoms with van der Waals surface area (Å²) >= 11 is 0. The smallest absolute Gasteiger partial charge is 0.323 e. The molecule has 2 amide bonds. The Balaban J connectivity index is 2.08. The normalized spacial score (nSPS) is 19.1. The number of carbonyl (C=O) groups is 1. The number of hydrogen-bond acceptors (Lipinski definition) is 4. The fourth-order valence-electron chi connectivity index (χ4n) is 3.64. The zero-order valence-corrected chi connectivity index (χ0v) is 17.0. The molecule has 1 aliphatic heterocycles. The van der Waals surface area contributed by atoms with Crippen molar-refractivity contribution in [3.05, 3.63) is 53.1 Å². The number of nitrogens with zero attached hydrogens (tertiary/aromatic N) is 2. The van der Waals surface area contributed by atoms with Crippen LogP contribution in [0.3, 0.4) is 0 Å². The Labute approximate surface area is 164 Å². The molecule has 3 rings (SSSR count). The van der Waals surface area contributed by atoms with Crippen molar-refractivity contribution >= 4 is 21.7 Å². The van der Waals surface area contributed by atoms with Gasteiger partial charge in [-0.15, -0.1) is 0 Å². The van der Waals surface area contributed by atoms with Gasteiger partial charge in [0.25, 0.3) is 0 Å². The van der Waals surface area contributed by atoms with Crippen molar-refractivity contribution in [1.29, 1.82) is 0 Å². The van der Waals surface area contributed by atoms with E-state index in [9.17, 15) is 17.6 Å². The number of nitrogens with one attached hydrogen (secondary N) is 2. The molecule has 0 aromatic heterocycles.